The number of aromatic nitrogens is 1. The summed E-state index contributed by atoms with van der Waals surface area (Å²) >= 11 is 5.88. The van der Waals surface area contributed by atoms with Crippen molar-refractivity contribution in [3.05, 3.63) is 40.7 Å². The van der Waals surface area contributed by atoms with Crippen molar-refractivity contribution in [1.29, 1.82) is 0 Å². The SMILES string of the molecule is Cc1cc(C(=O)N[C@@H]2CN(C(=O)C3CC4C=CC3C4)C[C@H]2F)cc(Cl)n1. The van der Waals surface area contributed by atoms with Crippen molar-refractivity contribution in [3.63, 3.8) is 0 Å². The maximum absolute atomic E-state index is 14.4. The summed E-state index contributed by atoms with van der Waals surface area (Å²) in [5, 5.41) is 2.92. The lowest BCUT2D eigenvalue weighted by atomic mass is 9.92. The normalized spacial score (nSPS) is 32.3. The predicted molar refractivity (Wildman–Crippen MR) is 95.6 cm³/mol. The number of hydrogen-bond acceptors (Lipinski definition) is 3. The van der Waals surface area contributed by atoms with Crippen LogP contribution in [-0.2, 0) is 4.79 Å². The first kappa shape index (κ1) is 17.5. The van der Waals surface area contributed by atoms with Crippen LogP contribution in [0.25, 0.3) is 0 Å². The van der Waals surface area contributed by atoms with Crippen LogP contribution in [0.1, 0.15) is 28.9 Å². The number of likely N-dealkylation sites (tertiary alicyclic amines) is 1. The zero-order valence-electron chi connectivity index (χ0n) is 14.5. The maximum atomic E-state index is 14.4. The Balaban J connectivity index is 1.40. The van der Waals surface area contributed by atoms with Crippen molar-refractivity contribution in [2.24, 2.45) is 17.8 Å². The standard InChI is InChI=1S/C19H21ClFN3O2/c1-10-4-13(7-17(20)22-10)18(25)23-16-9-24(8-15(16)21)19(26)14-6-11-2-3-12(14)5-11/h2-4,7,11-12,14-16H,5-6,8-9H2,1H3,(H,23,25)/t11?,12?,14?,15-,16-/m1/s1. The van der Waals surface area contributed by atoms with Crippen LogP contribution in [-0.4, -0.2) is 47.0 Å². The molecule has 4 rings (SSSR count). The Labute approximate surface area is 156 Å². The van der Waals surface area contributed by atoms with E-state index in [9.17, 15) is 14.0 Å². The molecule has 1 saturated heterocycles. The molecule has 1 aromatic rings. The molecule has 3 unspecified atom stereocenters. The molecule has 2 fully saturated rings. The highest BCUT2D eigenvalue weighted by atomic mass is 35.5. The summed E-state index contributed by atoms with van der Waals surface area (Å²) in [6.45, 7) is 1.99. The topological polar surface area (TPSA) is 62.3 Å². The number of halogens is 2. The van der Waals surface area contributed by atoms with Crippen molar-refractivity contribution >= 4 is 23.4 Å². The van der Waals surface area contributed by atoms with Gasteiger partial charge in [0.05, 0.1) is 12.6 Å². The average Bonchev–Trinajstić information content (AvgIpc) is 3.29. The number of amides is 2. The molecule has 7 heteroatoms. The third-order valence-electron chi connectivity index (χ3n) is 5.66. The quantitative estimate of drug-likeness (QED) is 0.650. The van der Waals surface area contributed by atoms with E-state index in [-0.39, 0.29) is 30.1 Å². The lowest BCUT2D eigenvalue weighted by molar-refractivity contribution is -0.135. The Morgan fingerprint density at radius 2 is 2.08 bits per heavy atom. The van der Waals surface area contributed by atoms with Crippen LogP contribution in [0.4, 0.5) is 4.39 Å². The highest BCUT2D eigenvalue weighted by molar-refractivity contribution is 6.29. The van der Waals surface area contributed by atoms with Crippen LogP contribution >= 0.6 is 11.6 Å². The van der Waals surface area contributed by atoms with E-state index in [2.05, 4.69) is 22.5 Å². The molecule has 2 bridgehead atoms. The van der Waals surface area contributed by atoms with Gasteiger partial charge in [-0.15, -0.1) is 0 Å². The minimum Gasteiger partial charge on any atom is -0.345 e. The number of hydrogen-bond donors (Lipinski definition) is 1. The summed E-state index contributed by atoms with van der Waals surface area (Å²) in [4.78, 5) is 30.8. The lowest BCUT2D eigenvalue weighted by Crippen LogP contribution is -2.42. The molecule has 0 spiro atoms. The van der Waals surface area contributed by atoms with E-state index in [1.54, 1.807) is 17.9 Å². The zero-order valence-corrected chi connectivity index (χ0v) is 15.2. The fraction of sp³-hybridized carbons (Fsp3) is 0.526. The zero-order chi connectivity index (χ0) is 18.4. The highest BCUT2D eigenvalue weighted by Gasteiger charge is 2.45. The summed E-state index contributed by atoms with van der Waals surface area (Å²) in [5.74, 6) is 0.369. The largest absolute Gasteiger partial charge is 0.345 e. The van der Waals surface area contributed by atoms with Gasteiger partial charge < -0.3 is 10.2 Å². The number of pyridine rings is 1. The first-order valence-electron chi connectivity index (χ1n) is 8.97. The fourth-order valence-corrected chi connectivity index (χ4v) is 4.64. The maximum Gasteiger partial charge on any atom is 0.251 e. The molecule has 2 amide bonds. The van der Waals surface area contributed by atoms with Crippen LogP contribution in [0.3, 0.4) is 0 Å². The van der Waals surface area contributed by atoms with Gasteiger partial charge >= 0.3 is 0 Å². The van der Waals surface area contributed by atoms with Gasteiger partial charge in [0.15, 0.2) is 0 Å². The van der Waals surface area contributed by atoms with Crippen LogP contribution in [0.5, 0.6) is 0 Å². The van der Waals surface area contributed by atoms with Crippen LogP contribution in [0.15, 0.2) is 24.3 Å². The molecule has 1 saturated carbocycles. The minimum absolute atomic E-state index is 0.0176. The van der Waals surface area contributed by atoms with E-state index in [0.29, 0.717) is 23.1 Å². The summed E-state index contributed by atoms with van der Waals surface area (Å²) in [6.07, 6.45) is 4.93. The molecule has 2 heterocycles. The Kier molecular flexibility index (Phi) is 4.47. The Hall–Kier alpha value is -1.95. The van der Waals surface area contributed by atoms with Gasteiger partial charge in [0.1, 0.15) is 11.3 Å². The molecular formula is C19H21ClFN3O2. The van der Waals surface area contributed by atoms with Gasteiger partial charge in [0, 0.05) is 23.7 Å². The van der Waals surface area contributed by atoms with Gasteiger partial charge in [-0.25, -0.2) is 9.37 Å². The molecule has 26 heavy (non-hydrogen) atoms. The van der Waals surface area contributed by atoms with Gasteiger partial charge in [-0.05, 0) is 43.7 Å². The first-order chi connectivity index (χ1) is 12.4. The second-order valence-electron chi connectivity index (χ2n) is 7.55. The third kappa shape index (κ3) is 3.22. The molecule has 3 aliphatic rings. The fourth-order valence-electron chi connectivity index (χ4n) is 4.39. The van der Waals surface area contributed by atoms with Crippen LogP contribution < -0.4 is 5.32 Å². The molecule has 5 atom stereocenters. The van der Waals surface area contributed by atoms with E-state index < -0.39 is 18.1 Å². The van der Waals surface area contributed by atoms with Crippen LogP contribution in [0, 0.1) is 24.7 Å². The second-order valence-corrected chi connectivity index (χ2v) is 7.93. The minimum atomic E-state index is -1.27. The Bertz CT molecular complexity index is 764. The van der Waals surface area contributed by atoms with Gasteiger partial charge in [-0.2, -0.15) is 0 Å². The van der Waals surface area contributed by atoms with E-state index in [1.165, 1.54) is 6.07 Å². The Morgan fingerprint density at radius 1 is 1.27 bits per heavy atom. The molecule has 1 aliphatic heterocycles. The monoisotopic (exact) mass is 377 g/mol. The smallest absolute Gasteiger partial charge is 0.251 e. The molecule has 5 nitrogen and oxygen atoms in total. The molecule has 1 N–H and O–H groups in total. The number of alkyl halides is 1. The third-order valence-corrected chi connectivity index (χ3v) is 5.85. The van der Waals surface area contributed by atoms with E-state index in [4.69, 9.17) is 11.6 Å². The van der Waals surface area contributed by atoms with Gasteiger partial charge in [0.25, 0.3) is 5.91 Å². The Morgan fingerprint density at radius 3 is 2.73 bits per heavy atom. The van der Waals surface area contributed by atoms with Gasteiger partial charge in [-0.1, -0.05) is 23.8 Å². The first-order valence-corrected chi connectivity index (χ1v) is 9.34. The van der Waals surface area contributed by atoms with E-state index in [0.717, 1.165) is 12.8 Å². The highest BCUT2D eigenvalue weighted by Crippen LogP contribution is 2.44. The lowest BCUT2D eigenvalue weighted by Gasteiger charge is -2.24. The molecule has 138 valence electrons. The van der Waals surface area contributed by atoms with Crippen LogP contribution in [0.2, 0.25) is 5.15 Å². The summed E-state index contributed by atoms with van der Waals surface area (Å²) in [6, 6.07) is 2.36. The van der Waals surface area contributed by atoms with Gasteiger partial charge in [-0.3, -0.25) is 9.59 Å². The number of nitrogens with zero attached hydrogens (tertiary/aromatic N) is 2. The number of allylic oxidation sites excluding steroid dienone is 2. The average molecular weight is 378 g/mol. The summed E-state index contributed by atoms with van der Waals surface area (Å²) in [7, 11) is 0. The predicted octanol–water partition coefficient (Wildman–Crippen LogP) is 2.53. The van der Waals surface area contributed by atoms with Crippen molar-refractivity contribution in [2.75, 3.05) is 13.1 Å². The number of fused-ring (bicyclic) bond motifs is 2. The van der Waals surface area contributed by atoms with Crippen molar-refractivity contribution in [3.8, 4) is 0 Å². The van der Waals surface area contributed by atoms with E-state index >= 15 is 0 Å². The number of carbonyl (C=O) groups excluding carboxylic acids is 2. The van der Waals surface area contributed by atoms with Crippen molar-refractivity contribution in [1.82, 2.24) is 15.2 Å². The van der Waals surface area contributed by atoms with E-state index in [1.807, 2.05) is 0 Å². The molecule has 2 aliphatic carbocycles. The second kappa shape index (κ2) is 6.65. The van der Waals surface area contributed by atoms with Crippen molar-refractivity contribution < 1.29 is 14.0 Å². The molecule has 0 aromatic carbocycles. The van der Waals surface area contributed by atoms with Gasteiger partial charge in [0.2, 0.25) is 5.91 Å². The molecular weight excluding hydrogens is 357 g/mol. The number of nitrogens with one attached hydrogen (secondary N) is 1. The molecule has 1 aromatic heterocycles. The number of rotatable bonds is 3. The summed E-state index contributed by atoms with van der Waals surface area (Å²) < 4.78 is 14.4. The summed E-state index contributed by atoms with van der Waals surface area (Å²) in [5.41, 5.74) is 0.963. The number of aryl methyl sites for hydroxylation is 1. The number of carbonyl (C=O) groups is 2. The van der Waals surface area contributed by atoms with Crippen molar-refractivity contribution in [2.45, 2.75) is 32.0 Å². The molecule has 0 radical (unpaired) electrons.